The molecule has 0 aromatic heterocycles. The van der Waals surface area contributed by atoms with Gasteiger partial charge in [-0.1, -0.05) is 30.7 Å². The minimum atomic E-state index is -0.326. The molecule has 0 saturated carbocycles. The van der Waals surface area contributed by atoms with Gasteiger partial charge in [0.05, 0.1) is 17.7 Å². The lowest BCUT2D eigenvalue weighted by Gasteiger charge is -2.45. The summed E-state index contributed by atoms with van der Waals surface area (Å²) in [7, 11) is 0. The van der Waals surface area contributed by atoms with Crippen molar-refractivity contribution in [3.05, 3.63) is 35.4 Å². The van der Waals surface area contributed by atoms with E-state index in [4.69, 9.17) is 4.74 Å². The highest BCUT2D eigenvalue weighted by Gasteiger charge is 2.51. The largest absolute Gasteiger partial charge is 0.369 e. The zero-order valence-electron chi connectivity index (χ0n) is 17.7. The van der Waals surface area contributed by atoms with Crippen LogP contribution >= 0.6 is 0 Å². The SMILES string of the molecule is Cc1ccccc1CN1C(=O)CCCC[C@H]2N(C(=O)COC(C)C)CC[C@]21C. The summed E-state index contributed by atoms with van der Waals surface area (Å²) in [5.74, 6) is 0.259. The topological polar surface area (TPSA) is 49.9 Å². The van der Waals surface area contributed by atoms with Crippen LogP contribution in [0.15, 0.2) is 24.3 Å². The predicted molar refractivity (Wildman–Crippen MR) is 110 cm³/mol. The molecule has 2 fully saturated rings. The number of nitrogens with zero attached hydrogens (tertiary/aromatic N) is 2. The Labute approximate surface area is 169 Å². The predicted octanol–water partition coefficient (Wildman–Crippen LogP) is 3.68. The fourth-order valence-corrected chi connectivity index (χ4v) is 4.67. The van der Waals surface area contributed by atoms with E-state index in [0.717, 1.165) is 25.7 Å². The van der Waals surface area contributed by atoms with Crippen molar-refractivity contribution < 1.29 is 14.3 Å². The lowest BCUT2D eigenvalue weighted by Crippen LogP contribution is -2.58. The van der Waals surface area contributed by atoms with Crippen LogP contribution in [-0.4, -0.2) is 52.5 Å². The van der Waals surface area contributed by atoms with E-state index >= 15 is 0 Å². The molecule has 0 spiro atoms. The van der Waals surface area contributed by atoms with E-state index in [1.54, 1.807) is 0 Å². The van der Waals surface area contributed by atoms with Crippen LogP contribution in [-0.2, 0) is 20.9 Å². The summed E-state index contributed by atoms with van der Waals surface area (Å²) in [6.07, 6.45) is 4.27. The first-order chi connectivity index (χ1) is 13.3. The minimum absolute atomic E-state index is 0.0365. The van der Waals surface area contributed by atoms with E-state index in [0.29, 0.717) is 19.5 Å². The van der Waals surface area contributed by atoms with Crippen molar-refractivity contribution in [2.45, 2.75) is 84.0 Å². The first-order valence-electron chi connectivity index (χ1n) is 10.6. The molecule has 1 aromatic carbocycles. The molecule has 2 heterocycles. The van der Waals surface area contributed by atoms with Gasteiger partial charge >= 0.3 is 0 Å². The lowest BCUT2D eigenvalue weighted by molar-refractivity contribution is -0.146. The van der Waals surface area contributed by atoms with E-state index in [-0.39, 0.29) is 36.1 Å². The number of fused-ring (bicyclic) bond motifs is 1. The summed E-state index contributed by atoms with van der Waals surface area (Å²) in [6.45, 7) is 9.59. The molecule has 5 heteroatoms. The van der Waals surface area contributed by atoms with Crippen molar-refractivity contribution >= 4 is 11.8 Å². The number of carbonyl (C=O) groups is 2. The average Bonchev–Trinajstić information content (AvgIpc) is 2.98. The molecule has 0 radical (unpaired) electrons. The van der Waals surface area contributed by atoms with Crippen LogP contribution < -0.4 is 0 Å². The molecular weight excluding hydrogens is 352 g/mol. The molecule has 2 atom stereocenters. The van der Waals surface area contributed by atoms with Gasteiger partial charge in [0.15, 0.2) is 0 Å². The number of hydrogen-bond donors (Lipinski definition) is 0. The zero-order chi connectivity index (χ0) is 20.3. The van der Waals surface area contributed by atoms with Crippen LogP contribution in [0.25, 0.3) is 0 Å². The number of likely N-dealkylation sites (tertiary alicyclic amines) is 2. The van der Waals surface area contributed by atoms with Crippen LogP contribution in [0.3, 0.4) is 0 Å². The van der Waals surface area contributed by atoms with Gasteiger partial charge in [-0.3, -0.25) is 9.59 Å². The number of ether oxygens (including phenoxy) is 1. The Hall–Kier alpha value is -1.88. The number of benzene rings is 1. The average molecular weight is 387 g/mol. The monoisotopic (exact) mass is 386 g/mol. The summed E-state index contributed by atoms with van der Waals surface area (Å²) >= 11 is 0. The second-order valence-electron chi connectivity index (χ2n) is 8.72. The summed E-state index contributed by atoms with van der Waals surface area (Å²) < 4.78 is 5.57. The van der Waals surface area contributed by atoms with E-state index in [2.05, 4.69) is 30.9 Å². The Morgan fingerprint density at radius 1 is 1.29 bits per heavy atom. The van der Waals surface area contributed by atoms with Crippen LogP contribution in [0.4, 0.5) is 0 Å². The number of rotatable bonds is 5. The van der Waals surface area contributed by atoms with Crippen LogP contribution in [0.1, 0.15) is 64.0 Å². The lowest BCUT2D eigenvalue weighted by atomic mass is 9.84. The highest BCUT2D eigenvalue weighted by molar-refractivity contribution is 5.80. The summed E-state index contributed by atoms with van der Waals surface area (Å²) in [5.41, 5.74) is 2.06. The van der Waals surface area contributed by atoms with E-state index in [1.807, 2.05) is 30.9 Å². The van der Waals surface area contributed by atoms with E-state index < -0.39 is 0 Å². The van der Waals surface area contributed by atoms with Gasteiger partial charge in [0.2, 0.25) is 11.8 Å². The third kappa shape index (κ3) is 4.24. The van der Waals surface area contributed by atoms with Gasteiger partial charge in [0.1, 0.15) is 6.61 Å². The van der Waals surface area contributed by atoms with Gasteiger partial charge in [-0.2, -0.15) is 0 Å². The fraction of sp³-hybridized carbons (Fsp3) is 0.652. The molecule has 3 rings (SSSR count). The Bertz CT molecular complexity index is 718. The summed E-state index contributed by atoms with van der Waals surface area (Å²) in [4.78, 5) is 30.0. The normalized spacial score (nSPS) is 25.6. The molecular formula is C23H34N2O3. The fourth-order valence-electron chi connectivity index (χ4n) is 4.67. The van der Waals surface area contributed by atoms with Crippen molar-refractivity contribution in [3.8, 4) is 0 Å². The first-order valence-corrected chi connectivity index (χ1v) is 10.6. The number of hydrogen-bond acceptors (Lipinski definition) is 3. The van der Waals surface area contributed by atoms with E-state index in [9.17, 15) is 9.59 Å². The minimum Gasteiger partial charge on any atom is -0.369 e. The number of carbonyl (C=O) groups excluding carboxylic acids is 2. The van der Waals surface area contributed by atoms with Crippen LogP contribution in [0.5, 0.6) is 0 Å². The van der Waals surface area contributed by atoms with E-state index in [1.165, 1.54) is 11.1 Å². The molecule has 28 heavy (non-hydrogen) atoms. The number of amides is 2. The molecule has 0 aliphatic carbocycles. The van der Waals surface area contributed by atoms with Crippen LogP contribution in [0.2, 0.25) is 0 Å². The number of aryl methyl sites for hydroxylation is 1. The first kappa shape index (κ1) is 20.8. The highest BCUT2D eigenvalue weighted by Crippen LogP contribution is 2.40. The molecule has 1 aromatic rings. The molecule has 0 N–H and O–H groups in total. The molecule has 0 bridgehead atoms. The van der Waals surface area contributed by atoms with Crippen molar-refractivity contribution in [3.63, 3.8) is 0 Å². The van der Waals surface area contributed by atoms with Gasteiger partial charge in [-0.05, 0) is 58.1 Å². The molecule has 5 nitrogen and oxygen atoms in total. The maximum absolute atomic E-state index is 13.1. The Morgan fingerprint density at radius 2 is 2.04 bits per heavy atom. The van der Waals surface area contributed by atoms with Crippen molar-refractivity contribution in [1.82, 2.24) is 9.80 Å². The zero-order valence-corrected chi connectivity index (χ0v) is 17.7. The van der Waals surface area contributed by atoms with Crippen molar-refractivity contribution in [2.75, 3.05) is 13.2 Å². The molecule has 2 amide bonds. The third-order valence-corrected chi connectivity index (χ3v) is 6.44. The van der Waals surface area contributed by atoms with Gasteiger partial charge in [-0.15, -0.1) is 0 Å². The molecule has 2 aliphatic rings. The smallest absolute Gasteiger partial charge is 0.248 e. The Kier molecular flexibility index (Phi) is 6.43. The molecule has 0 unspecified atom stereocenters. The maximum atomic E-state index is 13.1. The quantitative estimate of drug-likeness (QED) is 0.776. The van der Waals surface area contributed by atoms with Gasteiger partial charge in [0.25, 0.3) is 0 Å². The van der Waals surface area contributed by atoms with Gasteiger partial charge in [0, 0.05) is 19.5 Å². The van der Waals surface area contributed by atoms with Gasteiger partial charge < -0.3 is 14.5 Å². The molecule has 2 aliphatic heterocycles. The highest BCUT2D eigenvalue weighted by atomic mass is 16.5. The van der Waals surface area contributed by atoms with Crippen LogP contribution in [0, 0.1) is 6.92 Å². The standard InChI is InChI=1S/C23H34N2O3/c1-17(2)28-16-22(27)24-14-13-23(4)20(24)11-7-8-12-21(26)25(23)15-19-10-6-5-9-18(19)3/h5-6,9-10,17,20H,7-8,11-16H2,1-4H3/t20-,23-/m1/s1. The Balaban J connectivity index is 1.86. The maximum Gasteiger partial charge on any atom is 0.248 e. The van der Waals surface area contributed by atoms with Crippen molar-refractivity contribution in [2.24, 2.45) is 0 Å². The molecule has 2 saturated heterocycles. The van der Waals surface area contributed by atoms with Gasteiger partial charge in [-0.25, -0.2) is 0 Å². The third-order valence-electron chi connectivity index (χ3n) is 6.44. The molecule has 154 valence electrons. The summed E-state index contributed by atoms with van der Waals surface area (Å²) in [6, 6.07) is 8.32. The second-order valence-corrected chi connectivity index (χ2v) is 8.72. The summed E-state index contributed by atoms with van der Waals surface area (Å²) in [5, 5.41) is 0. The van der Waals surface area contributed by atoms with Crippen molar-refractivity contribution in [1.29, 1.82) is 0 Å². The second kappa shape index (κ2) is 8.64. The Morgan fingerprint density at radius 3 is 2.75 bits per heavy atom.